The van der Waals surface area contributed by atoms with E-state index in [0.29, 0.717) is 6.04 Å². The lowest BCUT2D eigenvalue weighted by molar-refractivity contribution is 0.195. The van der Waals surface area contributed by atoms with Gasteiger partial charge in [-0.1, -0.05) is 13.0 Å². The van der Waals surface area contributed by atoms with Crippen LogP contribution in [0.5, 0.6) is 0 Å². The number of hydrogen-bond donors (Lipinski definition) is 1. The van der Waals surface area contributed by atoms with Crippen LogP contribution in [-0.2, 0) is 6.54 Å². The van der Waals surface area contributed by atoms with Crippen molar-refractivity contribution in [3.63, 3.8) is 0 Å². The Morgan fingerprint density at radius 3 is 2.94 bits per heavy atom. The first kappa shape index (κ1) is 13.1. The van der Waals surface area contributed by atoms with Crippen LogP contribution < -0.4 is 5.32 Å². The maximum Gasteiger partial charge on any atom is 0.0300 e. The molecular weight excluding hydrogens is 228 g/mol. The Labute approximate surface area is 109 Å². The van der Waals surface area contributed by atoms with Crippen LogP contribution in [0.15, 0.2) is 17.5 Å². The standard InChI is InChI=1S/C14H24N2S/c1-11-7-12(2)16(10-11)13(3)8-15-9-14-5-4-6-17-14/h4-6,11-13,15H,7-10H2,1-3H3. The monoisotopic (exact) mass is 252 g/mol. The highest BCUT2D eigenvalue weighted by atomic mass is 32.1. The van der Waals surface area contributed by atoms with Crippen molar-refractivity contribution in [2.45, 2.75) is 45.8 Å². The molecule has 0 radical (unpaired) electrons. The largest absolute Gasteiger partial charge is 0.310 e. The van der Waals surface area contributed by atoms with Gasteiger partial charge >= 0.3 is 0 Å². The van der Waals surface area contributed by atoms with Gasteiger partial charge in [0.15, 0.2) is 0 Å². The van der Waals surface area contributed by atoms with Crippen molar-refractivity contribution < 1.29 is 0 Å². The fraction of sp³-hybridized carbons (Fsp3) is 0.714. The average Bonchev–Trinajstić information content (AvgIpc) is 2.88. The molecule has 0 bridgehead atoms. The van der Waals surface area contributed by atoms with Gasteiger partial charge in [0.2, 0.25) is 0 Å². The van der Waals surface area contributed by atoms with E-state index < -0.39 is 0 Å². The van der Waals surface area contributed by atoms with Crippen molar-refractivity contribution in [3.8, 4) is 0 Å². The van der Waals surface area contributed by atoms with Gasteiger partial charge in [0, 0.05) is 36.6 Å². The van der Waals surface area contributed by atoms with Gasteiger partial charge in [0.25, 0.3) is 0 Å². The van der Waals surface area contributed by atoms with Gasteiger partial charge in [-0.25, -0.2) is 0 Å². The second kappa shape index (κ2) is 5.98. The van der Waals surface area contributed by atoms with E-state index in [2.05, 4.69) is 48.5 Å². The molecule has 3 unspecified atom stereocenters. The van der Waals surface area contributed by atoms with Gasteiger partial charge in [-0.15, -0.1) is 11.3 Å². The summed E-state index contributed by atoms with van der Waals surface area (Å²) in [6, 6.07) is 5.72. The van der Waals surface area contributed by atoms with Crippen molar-refractivity contribution in [1.29, 1.82) is 0 Å². The summed E-state index contributed by atoms with van der Waals surface area (Å²) in [5.41, 5.74) is 0. The lowest BCUT2D eigenvalue weighted by Crippen LogP contribution is -2.42. The summed E-state index contributed by atoms with van der Waals surface area (Å²) in [5.74, 6) is 0.866. The lowest BCUT2D eigenvalue weighted by Gasteiger charge is -2.28. The summed E-state index contributed by atoms with van der Waals surface area (Å²) in [6.07, 6.45) is 1.36. The smallest absolute Gasteiger partial charge is 0.0300 e. The Kier molecular flexibility index (Phi) is 4.60. The Bertz CT molecular complexity index is 323. The molecule has 3 heteroatoms. The zero-order chi connectivity index (χ0) is 12.3. The van der Waals surface area contributed by atoms with Crippen molar-refractivity contribution >= 4 is 11.3 Å². The molecule has 96 valence electrons. The van der Waals surface area contributed by atoms with Gasteiger partial charge in [-0.05, 0) is 37.6 Å². The molecule has 1 aromatic heterocycles. The zero-order valence-corrected chi connectivity index (χ0v) is 12.0. The van der Waals surface area contributed by atoms with E-state index in [0.717, 1.165) is 25.0 Å². The average molecular weight is 252 g/mol. The predicted molar refractivity (Wildman–Crippen MR) is 75.4 cm³/mol. The van der Waals surface area contributed by atoms with E-state index >= 15 is 0 Å². The van der Waals surface area contributed by atoms with Gasteiger partial charge in [0.1, 0.15) is 0 Å². The van der Waals surface area contributed by atoms with E-state index in [1.807, 2.05) is 11.3 Å². The molecule has 1 fully saturated rings. The molecule has 0 amide bonds. The Morgan fingerprint density at radius 1 is 1.53 bits per heavy atom. The molecule has 1 N–H and O–H groups in total. The summed E-state index contributed by atoms with van der Waals surface area (Å²) >= 11 is 1.83. The van der Waals surface area contributed by atoms with E-state index in [-0.39, 0.29) is 0 Å². The first-order valence-electron chi connectivity index (χ1n) is 6.65. The Morgan fingerprint density at radius 2 is 2.35 bits per heavy atom. The number of hydrogen-bond acceptors (Lipinski definition) is 3. The number of nitrogens with zero attached hydrogens (tertiary/aromatic N) is 1. The first-order chi connectivity index (χ1) is 8.16. The zero-order valence-electron chi connectivity index (χ0n) is 11.1. The number of nitrogens with one attached hydrogen (secondary N) is 1. The molecule has 1 aliphatic rings. The summed E-state index contributed by atoms with van der Waals surface area (Å²) < 4.78 is 0. The van der Waals surface area contributed by atoms with Crippen LogP contribution in [-0.4, -0.2) is 30.1 Å². The Hall–Kier alpha value is -0.380. The maximum atomic E-state index is 3.57. The van der Waals surface area contributed by atoms with Crippen LogP contribution in [0, 0.1) is 5.92 Å². The SMILES string of the molecule is CC1CC(C)N(C(C)CNCc2cccs2)C1. The van der Waals surface area contributed by atoms with E-state index in [1.165, 1.54) is 17.8 Å². The third-order valence-electron chi connectivity index (χ3n) is 3.72. The lowest BCUT2D eigenvalue weighted by atomic mass is 10.1. The molecular formula is C14H24N2S. The highest BCUT2D eigenvalue weighted by Gasteiger charge is 2.29. The van der Waals surface area contributed by atoms with Crippen LogP contribution in [0.25, 0.3) is 0 Å². The number of rotatable bonds is 5. The second-order valence-electron chi connectivity index (χ2n) is 5.45. The van der Waals surface area contributed by atoms with Crippen LogP contribution in [0.4, 0.5) is 0 Å². The number of likely N-dealkylation sites (tertiary alicyclic amines) is 1. The molecule has 2 rings (SSSR count). The van der Waals surface area contributed by atoms with Gasteiger partial charge in [-0.3, -0.25) is 4.90 Å². The molecule has 1 saturated heterocycles. The Balaban J connectivity index is 1.72. The molecule has 2 heterocycles. The molecule has 0 saturated carbocycles. The molecule has 1 aliphatic heterocycles. The maximum absolute atomic E-state index is 3.57. The minimum Gasteiger partial charge on any atom is -0.310 e. The molecule has 0 spiro atoms. The highest BCUT2D eigenvalue weighted by molar-refractivity contribution is 7.09. The summed E-state index contributed by atoms with van der Waals surface area (Å²) in [5, 5.41) is 5.71. The molecule has 3 atom stereocenters. The summed E-state index contributed by atoms with van der Waals surface area (Å²) in [6.45, 7) is 10.4. The van der Waals surface area contributed by atoms with Gasteiger partial charge < -0.3 is 5.32 Å². The molecule has 2 nitrogen and oxygen atoms in total. The van der Waals surface area contributed by atoms with Crippen molar-refractivity contribution in [3.05, 3.63) is 22.4 Å². The normalized spacial score (nSPS) is 27.5. The minimum absolute atomic E-state index is 0.648. The summed E-state index contributed by atoms with van der Waals surface area (Å²) in [4.78, 5) is 4.08. The first-order valence-corrected chi connectivity index (χ1v) is 7.53. The van der Waals surface area contributed by atoms with Crippen LogP contribution in [0.1, 0.15) is 32.1 Å². The third-order valence-corrected chi connectivity index (χ3v) is 4.59. The van der Waals surface area contributed by atoms with E-state index in [9.17, 15) is 0 Å². The predicted octanol–water partition coefficient (Wildman–Crippen LogP) is 2.96. The molecule has 0 aliphatic carbocycles. The van der Waals surface area contributed by atoms with Gasteiger partial charge in [0.05, 0.1) is 0 Å². The fourth-order valence-corrected chi connectivity index (χ4v) is 3.56. The molecule has 0 aromatic carbocycles. The van der Waals surface area contributed by atoms with E-state index in [1.54, 1.807) is 0 Å². The summed E-state index contributed by atoms with van der Waals surface area (Å²) in [7, 11) is 0. The molecule has 17 heavy (non-hydrogen) atoms. The fourth-order valence-electron chi connectivity index (χ4n) is 2.88. The minimum atomic E-state index is 0.648. The van der Waals surface area contributed by atoms with Crippen molar-refractivity contribution in [2.75, 3.05) is 13.1 Å². The van der Waals surface area contributed by atoms with Gasteiger partial charge in [-0.2, -0.15) is 0 Å². The van der Waals surface area contributed by atoms with Crippen molar-refractivity contribution in [1.82, 2.24) is 10.2 Å². The topological polar surface area (TPSA) is 15.3 Å². The highest BCUT2D eigenvalue weighted by Crippen LogP contribution is 2.24. The second-order valence-corrected chi connectivity index (χ2v) is 6.48. The quantitative estimate of drug-likeness (QED) is 0.867. The number of thiophene rings is 1. The van der Waals surface area contributed by atoms with Crippen molar-refractivity contribution in [2.24, 2.45) is 5.92 Å². The molecule has 1 aromatic rings. The van der Waals surface area contributed by atoms with Crippen LogP contribution in [0.2, 0.25) is 0 Å². The third kappa shape index (κ3) is 3.54. The van der Waals surface area contributed by atoms with Crippen LogP contribution in [0.3, 0.4) is 0 Å². The van der Waals surface area contributed by atoms with E-state index in [4.69, 9.17) is 0 Å². The van der Waals surface area contributed by atoms with Crippen LogP contribution >= 0.6 is 11.3 Å².